The minimum atomic E-state index is 0.623. The molecule has 0 aliphatic rings. The number of rotatable bonds is 14. The SMILES string of the molecule is CCNC(=NCCN(C)CCCOC)NCCOCCOC. The molecule has 22 heavy (non-hydrogen) atoms. The van der Waals surface area contributed by atoms with Gasteiger partial charge in [-0.15, -0.1) is 0 Å². The van der Waals surface area contributed by atoms with Crippen LogP contribution in [0.1, 0.15) is 13.3 Å². The van der Waals surface area contributed by atoms with Crippen LogP contribution in [0.3, 0.4) is 0 Å². The van der Waals surface area contributed by atoms with Crippen LogP contribution in [0.15, 0.2) is 4.99 Å². The minimum absolute atomic E-state index is 0.623. The number of hydrogen-bond donors (Lipinski definition) is 2. The number of methoxy groups -OCH3 is 2. The summed E-state index contributed by atoms with van der Waals surface area (Å²) in [5.74, 6) is 0.836. The van der Waals surface area contributed by atoms with Crippen LogP contribution in [0, 0.1) is 0 Å². The monoisotopic (exact) mass is 318 g/mol. The van der Waals surface area contributed by atoms with E-state index >= 15 is 0 Å². The van der Waals surface area contributed by atoms with E-state index in [2.05, 4.69) is 34.5 Å². The fourth-order valence-electron chi connectivity index (χ4n) is 1.75. The van der Waals surface area contributed by atoms with Crippen molar-refractivity contribution in [3.63, 3.8) is 0 Å². The summed E-state index contributed by atoms with van der Waals surface area (Å²) in [4.78, 5) is 6.82. The third-order valence-corrected chi connectivity index (χ3v) is 2.95. The van der Waals surface area contributed by atoms with Crippen LogP contribution in [0.2, 0.25) is 0 Å². The van der Waals surface area contributed by atoms with Gasteiger partial charge < -0.3 is 29.7 Å². The molecular formula is C15H34N4O3. The van der Waals surface area contributed by atoms with E-state index in [1.807, 2.05) is 0 Å². The Morgan fingerprint density at radius 2 is 1.77 bits per heavy atom. The molecule has 0 saturated heterocycles. The molecule has 0 aliphatic heterocycles. The first kappa shape index (κ1) is 21.1. The number of nitrogens with zero attached hydrogens (tertiary/aromatic N) is 2. The molecule has 2 N–H and O–H groups in total. The predicted octanol–water partition coefficient (Wildman–Crippen LogP) is 0.173. The molecule has 7 nitrogen and oxygen atoms in total. The zero-order valence-corrected chi connectivity index (χ0v) is 14.7. The third kappa shape index (κ3) is 14.1. The normalized spacial score (nSPS) is 12.0. The average Bonchev–Trinajstić information content (AvgIpc) is 2.51. The largest absolute Gasteiger partial charge is 0.385 e. The van der Waals surface area contributed by atoms with Gasteiger partial charge in [0.05, 0.1) is 26.4 Å². The van der Waals surface area contributed by atoms with Crippen LogP contribution < -0.4 is 10.6 Å². The van der Waals surface area contributed by atoms with E-state index in [0.29, 0.717) is 19.8 Å². The van der Waals surface area contributed by atoms with Crippen molar-refractivity contribution in [3.05, 3.63) is 0 Å². The Labute approximate surface area is 135 Å². The highest BCUT2D eigenvalue weighted by molar-refractivity contribution is 5.79. The maximum atomic E-state index is 5.41. The van der Waals surface area contributed by atoms with Gasteiger partial charge in [-0.1, -0.05) is 0 Å². The van der Waals surface area contributed by atoms with Crippen LogP contribution in [0.5, 0.6) is 0 Å². The second kappa shape index (κ2) is 16.5. The van der Waals surface area contributed by atoms with Crippen LogP contribution in [-0.4, -0.2) is 91.3 Å². The second-order valence-electron chi connectivity index (χ2n) is 4.94. The second-order valence-corrected chi connectivity index (χ2v) is 4.94. The molecule has 0 aromatic heterocycles. The summed E-state index contributed by atoms with van der Waals surface area (Å²) >= 11 is 0. The Hall–Kier alpha value is -0.890. The number of nitrogens with one attached hydrogen (secondary N) is 2. The Morgan fingerprint density at radius 1 is 1.00 bits per heavy atom. The Kier molecular flexibility index (Phi) is 15.8. The van der Waals surface area contributed by atoms with Gasteiger partial charge in [-0.05, 0) is 20.4 Å². The molecule has 7 heteroatoms. The van der Waals surface area contributed by atoms with Gasteiger partial charge in [0.25, 0.3) is 0 Å². The van der Waals surface area contributed by atoms with Crippen LogP contribution in [0.4, 0.5) is 0 Å². The van der Waals surface area contributed by atoms with Crippen molar-refractivity contribution < 1.29 is 14.2 Å². The number of likely N-dealkylation sites (N-methyl/N-ethyl adjacent to an activating group) is 1. The smallest absolute Gasteiger partial charge is 0.191 e. The van der Waals surface area contributed by atoms with Crippen molar-refractivity contribution in [3.8, 4) is 0 Å². The minimum Gasteiger partial charge on any atom is -0.385 e. The molecule has 0 radical (unpaired) electrons. The Bertz CT molecular complexity index is 265. The summed E-state index contributed by atoms with van der Waals surface area (Å²) in [5, 5.41) is 6.49. The Balaban J connectivity index is 3.79. The first-order valence-corrected chi connectivity index (χ1v) is 8.00. The molecule has 132 valence electrons. The van der Waals surface area contributed by atoms with Gasteiger partial charge in [0.2, 0.25) is 0 Å². The van der Waals surface area contributed by atoms with Crippen molar-refractivity contribution in [2.24, 2.45) is 4.99 Å². The molecule has 0 aromatic carbocycles. The first-order chi connectivity index (χ1) is 10.7. The molecule has 0 spiro atoms. The van der Waals surface area contributed by atoms with Gasteiger partial charge in [-0.2, -0.15) is 0 Å². The zero-order chi connectivity index (χ0) is 16.5. The summed E-state index contributed by atoms with van der Waals surface area (Å²) in [5.41, 5.74) is 0. The van der Waals surface area contributed by atoms with Gasteiger partial charge in [0, 0.05) is 47.0 Å². The van der Waals surface area contributed by atoms with Crippen molar-refractivity contribution in [2.45, 2.75) is 13.3 Å². The summed E-state index contributed by atoms with van der Waals surface area (Å²) in [6.07, 6.45) is 1.05. The highest BCUT2D eigenvalue weighted by Crippen LogP contribution is 1.88. The summed E-state index contributed by atoms with van der Waals surface area (Å²) in [6.45, 7) is 9.07. The molecule has 0 rings (SSSR count). The lowest BCUT2D eigenvalue weighted by molar-refractivity contribution is 0.0733. The van der Waals surface area contributed by atoms with E-state index in [1.54, 1.807) is 14.2 Å². The van der Waals surface area contributed by atoms with Crippen LogP contribution >= 0.6 is 0 Å². The molecule has 0 atom stereocenters. The van der Waals surface area contributed by atoms with Crippen molar-refractivity contribution in [2.75, 3.05) is 80.4 Å². The zero-order valence-electron chi connectivity index (χ0n) is 14.7. The van der Waals surface area contributed by atoms with Crippen LogP contribution in [-0.2, 0) is 14.2 Å². The van der Waals surface area contributed by atoms with Crippen LogP contribution in [0.25, 0.3) is 0 Å². The van der Waals surface area contributed by atoms with Gasteiger partial charge in [0.15, 0.2) is 5.96 Å². The summed E-state index contributed by atoms with van der Waals surface area (Å²) in [6, 6.07) is 0. The van der Waals surface area contributed by atoms with Crippen molar-refractivity contribution >= 4 is 5.96 Å². The van der Waals surface area contributed by atoms with E-state index < -0.39 is 0 Å². The topological polar surface area (TPSA) is 67.4 Å². The quantitative estimate of drug-likeness (QED) is 0.270. The maximum Gasteiger partial charge on any atom is 0.191 e. The highest BCUT2D eigenvalue weighted by atomic mass is 16.5. The molecule has 0 unspecified atom stereocenters. The molecule has 0 aromatic rings. The lowest BCUT2D eigenvalue weighted by Gasteiger charge is -2.16. The number of aliphatic imine (C=N–C) groups is 1. The van der Waals surface area contributed by atoms with E-state index in [-0.39, 0.29) is 0 Å². The summed E-state index contributed by atoms with van der Waals surface area (Å²) < 4.78 is 15.4. The number of hydrogen-bond acceptors (Lipinski definition) is 5. The van der Waals surface area contributed by atoms with E-state index in [0.717, 1.165) is 51.7 Å². The maximum absolute atomic E-state index is 5.41. The molecule has 0 heterocycles. The van der Waals surface area contributed by atoms with E-state index in [4.69, 9.17) is 14.2 Å². The van der Waals surface area contributed by atoms with Crippen molar-refractivity contribution in [1.29, 1.82) is 0 Å². The molecular weight excluding hydrogens is 284 g/mol. The molecule has 0 fully saturated rings. The van der Waals surface area contributed by atoms with Crippen molar-refractivity contribution in [1.82, 2.24) is 15.5 Å². The lowest BCUT2D eigenvalue weighted by atomic mass is 10.4. The fraction of sp³-hybridized carbons (Fsp3) is 0.933. The van der Waals surface area contributed by atoms with E-state index in [1.165, 1.54) is 0 Å². The third-order valence-electron chi connectivity index (χ3n) is 2.95. The first-order valence-electron chi connectivity index (χ1n) is 8.00. The molecule has 0 bridgehead atoms. The van der Waals surface area contributed by atoms with Gasteiger partial charge in [-0.3, -0.25) is 4.99 Å². The standard InChI is InChI=1S/C15H34N4O3/c1-5-16-15(18-8-12-22-14-13-21-4)17-7-10-19(2)9-6-11-20-3/h5-14H2,1-4H3,(H2,16,17,18). The molecule has 0 amide bonds. The molecule has 0 aliphatic carbocycles. The number of ether oxygens (including phenoxy) is 3. The van der Waals surface area contributed by atoms with Gasteiger partial charge in [0.1, 0.15) is 0 Å². The lowest BCUT2D eigenvalue weighted by Crippen LogP contribution is -2.39. The molecule has 0 saturated carbocycles. The van der Waals surface area contributed by atoms with E-state index in [9.17, 15) is 0 Å². The highest BCUT2D eigenvalue weighted by Gasteiger charge is 1.99. The predicted molar refractivity (Wildman–Crippen MR) is 90.7 cm³/mol. The van der Waals surface area contributed by atoms with Gasteiger partial charge >= 0.3 is 0 Å². The van der Waals surface area contributed by atoms with Gasteiger partial charge in [-0.25, -0.2) is 0 Å². The number of guanidine groups is 1. The fourth-order valence-corrected chi connectivity index (χ4v) is 1.75. The average molecular weight is 318 g/mol. The Morgan fingerprint density at radius 3 is 2.45 bits per heavy atom. The summed E-state index contributed by atoms with van der Waals surface area (Å²) in [7, 11) is 5.51.